The number of fused-ring (bicyclic) bond motifs is 1. The normalized spacial score (nSPS) is 12.2. The molecule has 3 rings (SSSR count). The number of rotatable bonds is 5. The monoisotopic (exact) mass is 382 g/mol. The van der Waals surface area contributed by atoms with Crippen LogP contribution in [0.3, 0.4) is 0 Å². The Labute approximate surface area is 144 Å². The molecule has 0 saturated heterocycles. The molecule has 0 aliphatic carbocycles. The van der Waals surface area contributed by atoms with Gasteiger partial charge in [0, 0.05) is 17.3 Å². The van der Waals surface area contributed by atoms with Crippen molar-refractivity contribution in [3.63, 3.8) is 0 Å². The van der Waals surface area contributed by atoms with Crippen molar-refractivity contribution in [2.24, 2.45) is 0 Å². The van der Waals surface area contributed by atoms with E-state index in [2.05, 4.69) is 14.8 Å². The van der Waals surface area contributed by atoms with Crippen molar-refractivity contribution in [1.29, 1.82) is 0 Å². The van der Waals surface area contributed by atoms with Crippen LogP contribution in [0.2, 0.25) is 0 Å². The van der Waals surface area contributed by atoms with Gasteiger partial charge in [0.2, 0.25) is 10.0 Å². The minimum absolute atomic E-state index is 0.0633. The SMILES string of the molecule is CS(=O)(=O)Nc1ccc(-c2cn3nc(OS(C)(=O)=O)ccc3n2)cc1. The quantitative estimate of drug-likeness (QED) is 0.656. The molecule has 0 bridgehead atoms. The predicted octanol–water partition coefficient (Wildman–Crippen LogP) is 1.11. The van der Waals surface area contributed by atoms with Gasteiger partial charge in [-0.05, 0) is 18.2 Å². The molecular formula is C14H14N4O5S2. The van der Waals surface area contributed by atoms with Crippen LogP contribution in [0, 0.1) is 0 Å². The number of anilines is 1. The maximum atomic E-state index is 11.2. The van der Waals surface area contributed by atoms with Gasteiger partial charge in [-0.25, -0.2) is 17.9 Å². The van der Waals surface area contributed by atoms with Crippen LogP contribution in [0.5, 0.6) is 5.88 Å². The lowest BCUT2D eigenvalue weighted by molar-refractivity contribution is 0.476. The van der Waals surface area contributed by atoms with Crippen molar-refractivity contribution in [2.75, 3.05) is 17.2 Å². The Bertz CT molecular complexity index is 1140. The van der Waals surface area contributed by atoms with Crippen LogP contribution >= 0.6 is 0 Å². The lowest BCUT2D eigenvalue weighted by Crippen LogP contribution is -2.09. The van der Waals surface area contributed by atoms with Crippen molar-refractivity contribution in [3.8, 4) is 17.1 Å². The van der Waals surface area contributed by atoms with Gasteiger partial charge < -0.3 is 4.18 Å². The number of hydrogen-bond donors (Lipinski definition) is 1. The average Bonchev–Trinajstić information content (AvgIpc) is 2.87. The molecule has 0 unspecified atom stereocenters. The van der Waals surface area contributed by atoms with E-state index in [0.29, 0.717) is 17.0 Å². The van der Waals surface area contributed by atoms with E-state index in [4.69, 9.17) is 4.18 Å². The van der Waals surface area contributed by atoms with Gasteiger partial charge in [0.1, 0.15) is 0 Å². The molecule has 1 N–H and O–H groups in total. The van der Waals surface area contributed by atoms with Gasteiger partial charge in [0.05, 0.1) is 24.4 Å². The first-order valence-electron chi connectivity index (χ1n) is 6.93. The smallest absolute Gasteiger partial charge is 0.307 e. The topological polar surface area (TPSA) is 120 Å². The number of hydrogen-bond acceptors (Lipinski definition) is 7. The molecule has 0 radical (unpaired) electrons. The fourth-order valence-electron chi connectivity index (χ4n) is 2.13. The molecule has 0 spiro atoms. The Balaban J connectivity index is 1.91. The highest BCUT2D eigenvalue weighted by molar-refractivity contribution is 7.92. The highest BCUT2D eigenvalue weighted by Gasteiger charge is 2.10. The second-order valence-electron chi connectivity index (χ2n) is 5.34. The lowest BCUT2D eigenvalue weighted by Gasteiger charge is -2.04. The van der Waals surface area contributed by atoms with Crippen molar-refractivity contribution < 1.29 is 21.0 Å². The number of sulfonamides is 1. The first-order chi connectivity index (χ1) is 11.6. The predicted molar refractivity (Wildman–Crippen MR) is 92.4 cm³/mol. The van der Waals surface area contributed by atoms with E-state index in [1.807, 2.05) is 0 Å². The number of nitrogens with one attached hydrogen (secondary N) is 1. The van der Waals surface area contributed by atoms with E-state index in [9.17, 15) is 16.8 Å². The molecule has 1 aromatic carbocycles. The summed E-state index contributed by atoms with van der Waals surface area (Å²) in [6.07, 6.45) is 3.62. The Morgan fingerprint density at radius 1 is 1.00 bits per heavy atom. The molecule has 0 saturated carbocycles. The standard InChI is InChI=1S/C14H14N4O5S2/c1-24(19,20)17-11-5-3-10(4-6-11)12-9-18-13(15-12)7-8-14(16-18)23-25(2,21)22/h3-9,17H,1-2H3. The molecule has 0 fully saturated rings. The molecule has 2 aromatic heterocycles. The Kier molecular flexibility index (Phi) is 4.13. The van der Waals surface area contributed by atoms with Crippen molar-refractivity contribution in [1.82, 2.24) is 14.6 Å². The first kappa shape index (κ1) is 17.2. The molecule has 3 aromatic rings. The summed E-state index contributed by atoms with van der Waals surface area (Å²) in [6.45, 7) is 0. The zero-order valence-electron chi connectivity index (χ0n) is 13.2. The zero-order valence-corrected chi connectivity index (χ0v) is 14.9. The van der Waals surface area contributed by atoms with Crippen LogP contribution < -0.4 is 8.91 Å². The molecule has 0 aliphatic heterocycles. The van der Waals surface area contributed by atoms with Crippen LogP contribution in [0.15, 0.2) is 42.6 Å². The van der Waals surface area contributed by atoms with Crippen LogP contribution in [-0.2, 0) is 20.1 Å². The molecule has 25 heavy (non-hydrogen) atoms. The lowest BCUT2D eigenvalue weighted by atomic mass is 10.1. The molecule has 2 heterocycles. The van der Waals surface area contributed by atoms with Crippen LogP contribution in [0.25, 0.3) is 16.9 Å². The molecule has 0 atom stereocenters. The van der Waals surface area contributed by atoms with Gasteiger partial charge in [0.15, 0.2) is 5.65 Å². The third-order valence-electron chi connectivity index (χ3n) is 3.02. The van der Waals surface area contributed by atoms with E-state index in [1.165, 1.54) is 10.6 Å². The second-order valence-corrected chi connectivity index (χ2v) is 8.66. The summed E-state index contributed by atoms with van der Waals surface area (Å²) >= 11 is 0. The van der Waals surface area contributed by atoms with Crippen LogP contribution in [0.1, 0.15) is 0 Å². The minimum atomic E-state index is -3.66. The fourth-order valence-corrected chi connectivity index (χ4v) is 3.09. The summed E-state index contributed by atoms with van der Waals surface area (Å²) in [6, 6.07) is 9.65. The van der Waals surface area contributed by atoms with E-state index >= 15 is 0 Å². The van der Waals surface area contributed by atoms with Crippen LogP contribution in [0.4, 0.5) is 5.69 Å². The van der Waals surface area contributed by atoms with Crippen molar-refractivity contribution in [2.45, 2.75) is 0 Å². The minimum Gasteiger partial charge on any atom is -0.360 e. The van der Waals surface area contributed by atoms with E-state index in [1.54, 1.807) is 36.5 Å². The maximum Gasteiger partial charge on any atom is 0.307 e. The molecular weight excluding hydrogens is 368 g/mol. The van der Waals surface area contributed by atoms with Gasteiger partial charge >= 0.3 is 10.1 Å². The van der Waals surface area contributed by atoms with Gasteiger partial charge in [-0.2, -0.15) is 8.42 Å². The Morgan fingerprint density at radius 2 is 1.68 bits per heavy atom. The largest absolute Gasteiger partial charge is 0.360 e. The summed E-state index contributed by atoms with van der Waals surface area (Å²) in [5.41, 5.74) is 2.29. The van der Waals surface area contributed by atoms with Gasteiger partial charge in [0.25, 0.3) is 5.88 Å². The fraction of sp³-hybridized carbons (Fsp3) is 0.143. The van der Waals surface area contributed by atoms with E-state index in [0.717, 1.165) is 18.1 Å². The molecule has 0 amide bonds. The summed E-state index contributed by atoms with van der Waals surface area (Å²) in [7, 11) is -7.00. The Hall–Kier alpha value is -2.66. The Morgan fingerprint density at radius 3 is 2.28 bits per heavy atom. The maximum absolute atomic E-state index is 11.2. The molecule has 132 valence electrons. The summed E-state index contributed by atoms with van der Waals surface area (Å²) < 4.78 is 53.3. The number of imidazole rings is 1. The zero-order chi connectivity index (χ0) is 18.2. The molecule has 0 aliphatic rings. The van der Waals surface area contributed by atoms with Gasteiger partial charge in [-0.15, -0.1) is 5.10 Å². The first-order valence-corrected chi connectivity index (χ1v) is 10.6. The third-order valence-corrected chi connectivity index (χ3v) is 4.10. The molecule has 11 heteroatoms. The van der Waals surface area contributed by atoms with E-state index < -0.39 is 20.1 Å². The molecule has 9 nitrogen and oxygen atoms in total. The van der Waals surface area contributed by atoms with Gasteiger partial charge in [-0.1, -0.05) is 12.1 Å². The van der Waals surface area contributed by atoms with Gasteiger partial charge in [-0.3, -0.25) is 4.72 Å². The number of aromatic nitrogens is 3. The summed E-state index contributed by atoms with van der Waals surface area (Å²) in [4.78, 5) is 4.38. The summed E-state index contributed by atoms with van der Waals surface area (Å²) in [5, 5.41) is 4.03. The highest BCUT2D eigenvalue weighted by Crippen LogP contribution is 2.22. The second kappa shape index (κ2) is 6.01. The third kappa shape index (κ3) is 4.45. The highest BCUT2D eigenvalue weighted by atomic mass is 32.2. The average molecular weight is 382 g/mol. The number of benzene rings is 1. The van der Waals surface area contributed by atoms with Crippen molar-refractivity contribution in [3.05, 3.63) is 42.6 Å². The summed E-state index contributed by atoms with van der Waals surface area (Å²) in [5.74, 6) is -0.0633. The van der Waals surface area contributed by atoms with Crippen molar-refractivity contribution >= 4 is 31.5 Å². The van der Waals surface area contributed by atoms with E-state index in [-0.39, 0.29) is 5.88 Å². The van der Waals surface area contributed by atoms with Crippen LogP contribution in [-0.4, -0.2) is 43.9 Å². The number of nitrogens with zero attached hydrogens (tertiary/aromatic N) is 3.